The van der Waals surface area contributed by atoms with Crippen molar-refractivity contribution in [2.24, 2.45) is 5.41 Å². The average Bonchev–Trinajstić information content (AvgIpc) is 2.54. The van der Waals surface area contributed by atoms with Gasteiger partial charge in [0.25, 0.3) is 11.8 Å². The first-order valence-corrected chi connectivity index (χ1v) is 5.93. The van der Waals surface area contributed by atoms with E-state index in [1.165, 1.54) is 4.90 Å². The molecule has 0 saturated heterocycles. The van der Waals surface area contributed by atoms with Crippen LogP contribution in [0.3, 0.4) is 0 Å². The molecular formula is C14H17NO3. The minimum Gasteiger partial charge on any atom is -0.396 e. The summed E-state index contributed by atoms with van der Waals surface area (Å²) < 4.78 is 0. The van der Waals surface area contributed by atoms with E-state index in [-0.39, 0.29) is 25.0 Å². The van der Waals surface area contributed by atoms with Crippen molar-refractivity contribution in [1.29, 1.82) is 0 Å². The van der Waals surface area contributed by atoms with Crippen LogP contribution in [-0.4, -0.2) is 35.0 Å². The van der Waals surface area contributed by atoms with Crippen molar-refractivity contribution >= 4 is 11.8 Å². The largest absolute Gasteiger partial charge is 0.396 e. The second-order valence-corrected chi connectivity index (χ2v) is 5.57. The van der Waals surface area contributed by atoms with Crippen molar-refractivity contribution in [3.63, 3.8) is 0 Å². The Balaban J connectivity index is 2.34. The molecule has 0 spiro atoms. The fraction of sp³-hybridized carbons (Fsp3) is 0.429. The van der Waals surface area contributed by atoms with E-state index in [0.29, 0.717) is 11.1 Å². The lowest BCUT2D eigenvalue weighted by Gasteiger charge is -2.26. The fourth-order valence-corrected chi connectivity index (χ4v) is 2.03. The Labute approximate surface area is 106 Å². The monoisotopic (exact) mass is 247 g/mol. The molecule has 0 bridgehead atoms. The average molecular weight is 247 g/mol. The van der Waals surface area contributed by atoms with Crippen molar-refractivity contribution in [2.75, 3.05) is 13.2 Å². The molecule has 1 aliphatic heterocycles. The molecule has 0 saturated carbocycles. The van der Waals surface area contributed by atoms with Gasteiger partial charge in [-0.3, -0.25) is 14.5 Å². The number of rotatable bonds is 3. The van der Waals surface area contributed by atoms with Gasteiger partial charge in [-0.2, -0.15) is 0 Å². The van der Waals surface area contributed by atoms with Gasteiger partial charge < -0.3 is 5.11 Å². The lowest BCUT2D eigenvalue weighted by molar-refractivity contribution is 0.0529. The lowest BCUT2D eigenvalue weighted by Crippen LogP contribution is -2.39. The third kappa shape index (κ3) is 2.04. The van der Waals surface area contributed by atoms with E-state index in [9.17, 15) is 14.7 Å². The third-order valence-corrected chi connectivity index (χ3v) is 3.14. The zero-order valence-electron chi connectivity index (χ0n) is 10.9. The number of nitrogens with zero attached hydrogens (tertiary/aromatic N) is 1. The van der Waals surface area contributed by atoms with Crippen molar-refractivity contribution in [3.05, 3.63) is 34.9 Å². The molecule has 18 heavy (non-hydrogen) atoms. The van der Waals surface area contributed by atoms with Crippen molar-refractivity contribution in [2.45, 2.75) is 20.8 Å². The molecule has 2 amide bonds. The maximum atomic E-state index is 12.2. The van der Waals surface area contributed by atoms with Crippen LogP contribution in [0.4, 0.5) is 0 Å². The number of carbonyl (C=O) groups is 2. The molecule has 4 nitrogen and oxygen atoms in total. The molecule has 0 atom stereocenters. The van der Waals surface area contributed by atoms with Crippen LogP contribution in [0, 0.1) is 12.3 Å². The van der Waals surface area contributed by atoms with Crippen LogP contribution < -0.4 is 0 Å². The first-order chi connectivity index (χ1) is 8.35. The number of imide groups is 1. The molecule has 0 radical (unpaired) electrons. The summed E-state index contributed by atoms with van der Waals surface area (Å²) in [7, 11) is 0. The first kappa shape index (κ1) is 12.8. The molecule has 1 heterocycles. The quantitative estimate of drug-likeness (QED) is 0.825. The summed E-state index contributed by atoms with van der Waals surface area (Å²) in [4.78, 5) is 25.5. The molecule has 0 fully saturated rings. The lowest BCUT2D eigenvalue weighted by atomic mass is 9.94. The SMILES string of the molecule is Cc1ccc2c(c1)C(=O)N(CC(C)(C)CO)C2=O. The Kier molecular flexibility index (Phi) is 2.99. The van der Waals surface area contributed by atoms with Crippen LogP contribution in [0.15, 0.2) is 18.2 Å². The molecule has 1 aliphatic rings. The number of benzene rings is 1. The summed E-state index contributed by atoms with van der Waals surface area (Å²) in [5, 5.41) is 9.24. The zero-order chi connectivity index (χ0) is 13.5. The molecule has 0 aliphatic carbocycles. The fourth-order valence-electron chi connectivity index (χ4n) is 2.03. The van der Waals surface area contributed by atoms with Crippen molar-refractivity contribution in [1.82, 2.24) is 4.90 Å². The molecule has 2 rings (SSSR count). The highest BCUT2D eigenvalue weighted by atomic mass is 16.3. The highest BCUT2D eigenvalue weighted by Gasteiger charge is 2.38. The van der Waals surface area contributed by atoms with Gasteiger partial charge in [-0.1, -0.05) is 25.5 Å². The highest BCUT2D eigenvalue weighted by Crippen LogP contribution is 2.27. The zero-order valence-corrected chi connectivity index (χ0v) is 10.9. The number of amides is 2. The minimum absolute atomic E-state index is 0.0700. The van der Waals surface area contributed by atoms with Gasteiger partial charge in [-0.05, 0) is 19.1 Å². The van der Waals surface area contributed by atoms with Gasteiger partial charge >= 0.3 is 0 Å². The second kappa shape index (κ2) is 4.21. The smallest absolute Gasteiger partial charge is 0.261 e. The number of aryl methyl sites for hydroxylation is 1. The van der Waals surface area contributed by atoms with Gasteiger partial charge in [0, 0.05) is 18.6 Å². The Morgan fingerprint density at radius 3 is 2.39 bits per heavy atom. The Bertz CT molecular complexity index is 520. The van der Waals surface area contributed by atoms with Gasteiger partial charge in [-0.25, -0.2) is 0 Å². The van der Waals surface area contributed by atoms with E-state index in [0.717, 1.165) is 5.56 Å². The molecule has 1 N–H and O–H groups in total. The van der Waals surface area contributed by atoms with E-state index < -0.39 is 5.41 Å². The predicted octanol–water partition coefficient (Wildman–Crippen LogP) is 1.61. The standard InChI is InChI=1S/C14H17NO3/c1-9-4-5-10-11(6-9)13(18)15(12(10)17)7-14(2,3)8-16/h4-6,16H,7-8H2,1-3H3. The summed E-state index contributed by atoms with van der Waals surface area (Å²) in [6, 6.07) is 5.25. The third-order valence-electron chi connectivity index (χ3n) is 3.14. The van der Waals surface area contributed by atoms with E-state index in [4.69, 9.17) is 0 Å². The molecule has 0 unspecified atom stereocenters. The number of aliphatic hydroxyl groups is 1. The number of hydrogen-bond acceptors (Lipinski definition) is 3. The molecule has 4 heteroatoms. The van der Waals surface area contributed by atoms with Gasteiger partial charge in [0.15, 0.2) is 0 Å². The van der Waals surface area contributed by atoms with E-state index in [2.05, 4.69) is 0 Å². The van der Waals surface area contributed by atoms with Crippen molar-refractivity contribution in [3.8, 4) is 0 Å². The topological polar surface area (TPSA) is 57.6 Å². The van der Waals surface area contributed by atoms with E-state index in [1.54, 1.807) is 12.1 Å². The van der Waals surface area contributed by atoms with Gasteiger partial charge in [-0.15, -0.1) is 0 Å². The number of fused-ring (bicyclic) bond motifs is 1. The van der Waals surface area contributed by atoms with Crippen LogP contribution in [-0.2, 0) is 0 Å². The highest BCUT2D eigenvalue weighted by molar-refractivity contribution is 6.21. The summed E-state index contributed by atoms with van der Waals surface area (Å²) in [5.41, 5.74) is 1.40. The maximum Gasteiger partial charge on any atom is 0.261 e. The number of hydrogen-bond donors (Lipinski definition) is 1. The normalized spacial score (nSPS) is 15.2. The van der Waals surface area contributed by atoms with Crippen molar-refractivity contribution < 1.29 is 14.7 Å². The predicted molar refractivity (Wildman–Crippen MR) is 67.4 cm³/mol. The molecular weight excluding hydrogens is 230 g/mol. The van der Waals surface area contributed by atoms with Crippen LogP contribution in [0.25, 0.3) is 0 Å². The Morgan fingerprint density at radius 2 is 1.78 bits per heavy atom. The molecule has 96 valence electrons. The minimum atomic E-state index is -0.484. The van der Waals surface area contributed by atoms with E-state index in [1.807, 2.05) is 26.8 Å². The van der Waals surface area contributed by atoms with Gasteiger partial charge in [0.05, 0.1) is 11.1 Å². The first-order valence-electron chi connectivity index (χ1n) is 5.93. The second-order valence-electron chi connectivity index (χ2n) is 5.57. The summed E-state index contributed by atoms with van der Waals surface area (Å²) in [6.45, 7) is 5.69. The summed E-state index contributed by atoms with van der Waals surface area (Å²) >= 11 is 0. The van der Waals surface area contributed by atoms with Crippen LogP contribution >= 0.6 is 0 Å². The van der Waals surface area contributed by atoms with Gasteiger partial charge in [0.2, 0.25) is 0 Å². The molecule has 1 aromatic rings. The summed E-state index contributed by atoms with van der Waals surface area (Å²) in [6.07, 6.45) is 0. The van der Waals surface area contributed by atoms with Crippen LogP contribution in [0.2, 0.25) is 0 Å². The molecule has 0 aromatic heterocycles. The van der Waals surface area contributed by atoms with E-state index >= 15 is 0 Å². The molecule has 1 aromatic carbocycles. The Morgan fingerprint density at radius 1 is 1.17 bits per heavy atom. The van der Waals surface area contributed by atoms with Crippen LogP contribution in [0.1, 0.15) is 40.1 Å². The number of carbonyl (C=O) groups excluding carboxylic acids is 2. The summed E-state index contributed by atoms with van der Waals surface area (Å²) in [5.74, 6) is -0.531. The number of aliphatic hydroxyl groups excluding tert-OH is 1. The Hall–Kier alpha value is -1.68. The van der Waals surface area contributed by atoms with Gasteiger partial charge in [0.1, 0.15) is 0 Å². The maximum absolute atomic E-state index is 12.2. The van der Waals surface area contributed by atoms with Crippen LogP contribution in [0.5, 0.6) is 0 Å².